The Kier molecular flexibility index (Phi) is 7.03. The maximum Gasteiger partial charge on any atom is 0.167 e. The van der Waals surface area contributed by atoms with E-state index < -0.39 is 0 Å². The fourth-order valence-electron chi connectivity index (χ4n) is 8.38. The van der Waals surface area contributed by atoms with Gasteiger partial charge in [0.1, 0.15) is 11.2 Å². The van der Waals surface area contributed by atoms with Gasteiger partial charge < -0.3 is 8.98 Å². The molecular weight excluding hydrogens is 717 g/mol. The normalized spacial score (nSPS) is 11.9. The van der Waals surface area contributed by atoms with Gasteiger partial charge in [-0.2, -0.15) is 0 Å². The Balaban J connectivity index is 1.09. The van der Waals surface area contributed by atoms with Crippen LogP contribution in [0.1, 0.15) is 0 Å². The quantitative estimate of drug-likeness (QED) is 0.176. The molecule has 0 N–H and O–H groups in total. The average Bonchev–Trinajstić information content (AvgIpc) is 3.95. The number of para-hydroxylation sites is 3. The molecule has 266 valence electrons. The number of hydrogen-bond donors (Lipinski definition) is 0. The lowest BCUT2D eigenvalue weighted by Crippen LogP contribution is -2.00. The van der Waals surface area contributed by atoms with Crippen LogP contribution in [0.3, 0.4) is 0 Å². The van der Waals surface area contributed by atoms with Gasteiger partial charge in [-0.05, 0) is 71.8 Å². The molecule has 0 atom stereocenters. The van der Waals surface area contributed by atoms with Gasteiger partial charge in [-0.15, -0.1) is 11.3 Å². The summed E-state index contributed by atoms with van der Waals surface area (Å²) in [4.78, 5) is 15.6. The molecule has 6 heteroatoms. The van der Waals surface area contributed by atoms with Gasteiger partial charge in [0, 0.05) is 64.6 Å². The standard InChI is InChI=1S/C51H30N4OS/c1-3-13-31(14-4-1)32-15-11-16-33(27-32)49-52-50(34-25-26-47-42(28-34)37-20-8-10-24-46(37)57-47)54-51(53-49)39-22-12-21-38-41-29-40-36-19-7-9-23-43(36)55(35-17-5-2-6-18-35)44(40)30-45(41)56-48(38)39/h1-30H. The molecule has 12 rings (SSSR count). The van der Waals surface area contributed by atoms with Crippen LogP contribution in [-0.2, 0) is 0 Å². The zero-order valence-electron chi connectivity index (χ0n) is 30.4. The first-order chi connectivity index (χ1) is 28.2. The summed E-state index contributed by atoms with van der Waals surface area (Å²) in [5, 5.41) is 6.87. The molecule has 0 radical (unpaired) electrons. The highest BCUT2D eigenvalue weighted by Gasteiger charge is 2.21. The van der Waals surface area contributed by atoms with Crippen molar-refractivity contribution < 1.29 is 4.42 Å². The van der Waals surface area contributed by atoms with Gasteiger partial charge in [-0.3, -0.25) is 0 Å². The van der Waals surface area contributed by atoms with Crippen molar-refractivity contribution in [3.63, 3.8) is 0 Å². The van der Waals surface area contributed by atoms with Crippen LogP contribution in [0.2, 0.25) is 0 Å². The van der Waals surface area contributed by atoms with E-state index in [0.717, 1.165) is 66.5 Å². The molecule has 0 aliphatic heterocycles. The second-order valence-corrected chi connectivity index (χ2v) is 15.5. The number of rotatable bonds is 5. The Morgan fingerprint density at radius 2 is 1.04 bits per heavy atom. The van der Waals surface area contributed by atoms with E-state index in [4.69, 9.17) is 19.4 Å². The predicted molar refractivity (Wildman–Crippen MR) is 236 cm³/mol. The maximum atomic E-state index is 6.88. The third-order valence-electron chi connectivity index (χ3n) is 11.0. The van der Waals surface area contributed by atoms with Gasteiger partial charge in [0.05, 0.1) is 16.6 Å². The Hall–Kier alpha value is -7.41. The van der Waals surface area contributed by atoms with E-state index in [-0.39, 0.29) is 0 Å². The van der Waals surface area contributed by atoms with Gasteiger partial charge in [0.15, 0.2) is 17.5 Å². The Morgan fingerprint density at radius 1 is 0.386 bits per heavy atom. The highest BCUT2D eigenvalue weighted by atomic mass is 32.1. The van der Waals surface area contributed by atoms with Crippen molar-refractivity contribution in [2.24, 2.45) is 0 Å². The minimum absolute atomic E-state index is 0.559. The molecule has 0 fully saturated rings. The maximum absolute atomic E-state index is 6.88. The van der Waals surface area contributed by atoms with Gasteiger partial charge in [-0.1, -0.05) is 115 Å². The zero-order valence-corrected chi connectivity index (χ0v) is 31.2. The third-order valence-corrected chi connectivity index (χ3v) is 12.2. The topological polar surface area (TPSA) is 56.7 Å². The molecule has 0 saturated heterocycles. The molecule has 4 heterocycles. The number of aromatic nitrogens is 4. The van der Waals surface area contributed by atoms with Gasteiger partial charge in [-0.25, -0.2) is 15.0 Å². The third kappa shape index (κ3) is 5.12. The van der Waals surface area contributed by atoms with Crippen molar-refractivity contribution in [2.45, 2.75) is 0 Å². The molecule has 0 aliphatic rings. The molecule has 0 amide bonds. The second-order valence-electron chi connectivity index (χ2n) is 14.4. The van der Waals surface area contributed by atoms with Crippen molar-refractivity contribution in [1.29, 1.82) is 0 Å². The summed E-state index contributed by atoms with van der Waals surface area (Å²) in [5.74, 6) is 1.77. The molecule has 0 unspecified atom stereocenters. The van der Waals surface area contributed by atoms with Crippen molar-refractivity contribution in [2.75, 3.05) is 0 Å². The summed E-state index contributed by atoms with van der Waals surface area (Å²) >= 11 is 1.80. The SMILES string of the molecule is c1ccc(-c2cccc(-c3nc(-c4ccc5sc6ccccc6c5c4)nc(-c4cccc5c4oc4cc6c(cc45)c4ccccc4n6-c4ccccc4)n3)c2)cc1. The molecule has 0 aliphatic carbocycles. The van der Waals surface area contributed by atoms with Crippen LogP contribution in [-0.4, -0.2) is 19.5 Å². The molecule has 5 nitrogen and oxygen atoms in total. The summed E-state index contributed by atoms with van der Waals surface area (Å²) in [7, 11) is 0. The molecule has 12 aromatic rings. The lowest BCUT2D eigenvalue weighted by Gasteiger charge is -2.10. The van der Waals surface area contributed by atoms with Gasteiger partial charge in [0.2, 0.25) is 0 Å². The zero-order chi connectivity index (χ0) is 37.5. The minimum atomic E-state index is 0.559. The number of fused-ring (bicyclic) bond motifs is 9. The van der Waals surface area contributed by atoms with Crippen LogP contribution < -0.4 is 0 Å². The van der Waals surface area contributed by atoms with E-state index in [0.29, 0.717) is 17.5 Å². The summed E-state index contributed by atoms with van der Waals surface area (Å²) in [6.07, 6.45) is 0. The van der Waals surface area contributed by atoms with Crippen LogP contribution >= 0.6 is 11.3 Å². The van der Waals surface area contributed by atoms with Gasteiger partial charge in [0.25, 0.3) is 0 Å². The van der Waals surface area contributed by atoms with E-state index in [1.165, 1.54) is 30.9 Å². The lowest BCUT2D eigenvalue weighted by molar-refractivity contribution is 0.670. The Bertz CT molecular complexity index is 3530. The first kappa shape index (κ1) is 31.9. The average molecular weight is 747 g/mol. The van der Waals surface area contributed by atoms with Crippen LogP contribution in [0.25, 0.3) is 115 Å². The molecule has 0 bridgehead atoms. The van der Waals surface area contributed by atoms with Crippen LogP contribution in [0.15, 0.2) is 186 Å². The van der Waals surface area contributed by atoms with E-state index in [9.17, 15) is 0 Å². The first-order valence-electron chi connectivity index (χ1n) is 19.0. The van der Waals surface area contributed by atoms with Crippen LogP contribution in [0.5, 0.6) is 0 Å². The molecule has 8 aromatic carbocycles. The fraction of sp³-hybridized carbons (Fsp3) is 0. The van der Waals surface area contributed by atoms with E-state index in [1.54, 1.807) is 11.3 Å². The van der Waals surface area contributed by atoms with Gasteiger partial charge >= 0.3 is 0 Å². The smallest absolute Gasteiger partial charge is 0.167 e. The Labute approximate surface area is 330 Å². The van der Waals surface area contributed by atoms with Crippen molar-refractivity contribution in [3.8, 4) is 51.0 Å². The number of furan rings is 1. The number of nitrogens with zero attached hydrogens (tertiary/aromatic N) is 4. The molecule has 57 heavy (non-hydrogen) atoms. The largest absolute Gasteiger partial charge is 0.455 e. The second kappa shape index (κ2) is 12.6. The number of hydrogen-bond acceptors (Lipinski definition) is 5. The van der Waals surface area contributed by atoms with Crippen molar-refractivity contribution >= 4 is 75.3 Å². The Morgan fingerprint density at radius 3 is 1.89 bits per heavy atom. The highest BCUT2D eigenvalue weighted by molar-refractivity contribution is 7.25. The lowest BCUT2D eigenvalue weighted by atomic mass is 10.0. The minimum Gasteiger partial charge on any atom is -0.455 e. The molecule has 4 aromatic heterocycles. The number of benzene rings is 8. The monoisotopic (exact) mass is 746 g/mol. The van der Waals surface area contributed by atoms with E-state index >= 15 is 0 Å². The predicted octanol–water partition coefficient (Wildman–Crippen LogP) is 13.9. The summed E-state index contributed by atoms with van der Waals surface area (Å²) < 4.78 is 11.7. The van der Waals surface area contributed by atoms with Crippen molar-refractivity contribution in [1.82, 2.24) is 19.5 Å². The first-order valence-corrected chi connectivity index (χ1v) is 19.8. The molecule has 0 spiro atoms. The van der Waals surface area contributed by atoms with Crippen LogP contribution in [0, 0.1) is 0 Å². The molecular formula is C51H30N4OS. The summed E-state index contributed by atoms with van der Waals surface area (Å²) in [5.41, 5.74) is 9.81. The summed E-state index contributed by atoms with van der Waals surface area (Å²) in [6.45, 7) is 0. The molecule has 0 saturated carbocycles. The highest BCUT2D eigenvalue weighted by Crippen LogP contribution is 2.41. The van der Waals surface area contributed by atoms with Crippen LogP contribution in [0.4, 0.5) is 0 Å². The number of thiophene rings is 1. The fourth-order valence-corrected chi connectivity index (χ4v) is 9.47. The van der Waals surface area contributed by atoms with Crippen molar-refractivity contribution in [3.05, 3.63) is 182 Å². The van der Waals surface area contributed by atoms with E-state index in [1.807, 2.05) is 6.07 Å². The summed E-state index contributed by atoms with van der Waals surface area (Å²) in [6, 6.07) is 63.8. The van der Waals surface area contributed by atoms with E-state index in [2.05, 4.69) is 180 Å².